The maximum Gasteiger partial charge on any atom is 0.350 e. The second-order valence-electron chi connectivity index (χ2n) is 4.31. The topological polar surface area (TPSA) is 113 Å². The van der Waals surface area contributed by atoms with Crippen molar-refractivity contribution in [3.8, 4) is 6.07 Å². The van der Waals surface area contributed by atoms with Gasteiger partial charge < -0.3 is 4.74 Å². The first kappa shape index (κ1) is 15.3. The number of fused-ring (bicyclic) bond motifs is 1. The van der Waals surface area contributed by atoms with E-state index in [1.54, 1.807) is 5.38 Å². The van der Waals surface area contributed by atoms with Gasteiger partial charge in [0.15, 0.2) is 10.8 Å². The van der Waals surface area contributed by atoms with E-state index in [-0.39, 0.29) is 11.2 Å². The molecule has 3 aromatic rings. The van der Waals surface area contributed by atoms with E-state index in [1.807, 2.05) is 12.1 Å². The number of ether oxygens (including phenoxy) is 1. The Balaban J connectivity index is 1.88. The maximum absolute atomic E-state index is 11.9. The number of methoxy groups -OCH3 is 1. The standard InChI is InChI=1S/C13H9N5O3S2/c1-21-11(19)9-7(2-3-22-9)6-23-12-16-10-8(4-14)5-15-18(10)13(20)17-12/h2-3,5H,6H2,1H3,(H,16,17,20). The number of nitrogens with zero attached hydrogens (tertiary/aromatic N) is 4. The van der Waals surface area contributed by atoms with Crippen molar-refractivity contribution in [2.24, 2.45) is 0 Å². The Hall–Kier alpha value is -2.64. The number of esters is 1. The summed E-state index contributed by atoms with van der Waals surface area (Å²) in [4.78, 5) is 30.9. The van der Waals surface area contributed by atoms with Gasteiger partial charge in [-0.3, -0.25) is 4.98 Å². The molecule has 116 valence electrons. The van der Waals surface area contributed by atoms with E-state index in [0.717, 1.165) is 10.1 Å². The second-order valence-corrected chi connectivity index (χ2v) is 6.19. The predicted octanol–water partition coefficient (Wildman–Crippen LogP) is 1.43. The maximum atomic E-state index is 11.9. The van der Waals surface area contributed by atoms with Crippen LogP contribution in [0.3, 0.4) is 0 Å². The zero-order valence-corrected chi connectivity index (χ0v) is 13.4. The van der Waals surface area contributed by atoms with Crippen LogP contribution in [-0.2, 0) is 10.5 Å². The first-order valence-corrected chi connectivity index (χ1v) is 8.16. The fraction of sp³-hybridized carbons (Fsp3) is 0.154. The van der Waals surface area contributed by atoms with Crippen LogP contribution < -0.4 is 5.69 Å². The van der Waals surface area contributed by atoms with E-state index in [9.17, 15) is 9.59 Å². The molecule has 0 saturated carbocycles. The third-order valence-corrected chi connectivity index (χ3v) is 4.82. The van der Waals surface area contributed by atoms with Gasteiger partial charge in [0.1, 0.15) is 16.5 Å². The Labute approximate surface area is 137 Å². The molecule has 0 aliphatic rings. The molecule has 0 spiro atoms. The SMILES string of the molecule is COC(=O)c1sccc1CSc1nc2c(C#N)cnn2c(=O)[nH]1. The highest BCUT2D eigenvalue weighted by molar-refractivity contribution is 7.98. The van der Waals surface area contributed by atoms with Crippen LogP contribution in [0.2, 0.25) is 0 Å². The van der Waals surface area contributed by atoms with Crippen LogP contribution in [0.15, 0.2) is 27.6 Å². The molecule has 3 heterocycles. The van der Waals surface area contributed by atoms with Gasteiger partial charge in [0.05, 0.1) is 13.3 Å². The van der Waals surface area contributed by atoms with E-state index in [1.165, 1.54) is 36.4 Å². The molecule has 10 heteroatoms. The van der Waals surface area contributed by atoms with Gasteiger partial charge in [-0.05, 0) is 17.0 Å². The molecule has 3 rings (SSSR count). The van der Waals surface area contributed by atoms with E-state index in [2.05, 4.69) is 15.1 Å². The summed E-state index contributed by atoms with van der Waals surface area (Å²) in [5.41, 5.74) is 0.752. The molecule has 0 aliphatic carbocycles. The van der Waals surface area contributed by atoms with Crippen molar-refractivity contribution < 1.29 is 9.53 Å². The van der Waals surface area contributed by atoms with Crippen molar-refractivity contribution in [1.82, 2.24) is 19.6 Å². The van der Waals surface area contributed by atoms with Crippen LogP contribution in [0, 0.1) is 11.3 Å². The highest BCUT2D eigenvalue weighted by Crippen LogP contribution is 2.25. The molecule has 8 nitrogen and oxygen atoms in total. The summed E-state index contributed by atoms with van der Waals surface area (Å²) in [6.45, 7) is 0. The minimum atomic E-state index is -0.475. The van der Waals surface area contributed by atoms with E-state index < -0.39 is 11.7 Å². The lowest BCUT2D eigenvalue weighted by atomic mass is 10.3. The molecule has 0 unspecified atom stereocenters. The number of nitriles is 1. The average molecular weight is 347 g/mol. The highest BCUT2D eigenvalue weighted by atomic mass is 32.2. The van der Waals surface area contributed by atoms with Gasteiger partial charge >= 0.3 is 11.7 Å². The molecule has 0 fully saturated rings. The number of rotatable bonds is 4. The molecule has 0 bridgehead atoms. The molecule has 0 aromatic carbocycles. The number of thioether (sulfide) groups is 1. The third-order valence-electron chi connectivity index (χ3n) is 2.96. The lowest BCUT2D eigenvalue weighted by Gasteiger charge is -2.03. The van der Waals surface area contributed by atoms with E-state index in [4.69, 9.17) is 10.00 Å². The molecule has 23 heavy (non-hydrogen) atoms. The van der Waals surface area contributed by atoms with Gasteiger partial charge in [-0.25, -0.2) is 14.6 Å². The molecule has 0 atom stereocenters. The van der Waals surface area contributed by atoms with Crippen molar-refractivity contribution in [1.29, 1.82) is 5.26 Å². The minimum Gasteiger partial charge on any atom is -0.465 e. The number of nitrogens with one attached hydrogen (secondary N) is 1. The number of carbonyl (C=O) groups excluding carboxylic acids is 1. The molecular formula is C13H9N5O3S2. The molecule has 0 saturated heterocycles. The first-order chi connectivity index (χ1) is 11.1. The summed E-state index contributed by atoms with van der Waals surface area (Å²) in [7, 11) is 1.33. The number of H-pyrrole nitrogens is 1. The lowest BCUT2D eigenvalue weighted by molar-refractivity contribution is 0.0605. The average Bonchev–Trinajstić information content (AvgIpc) is 3.18. The zero-order valence-electron chi connectivity index (χ0n) is 11.8. The Morgan fingerprint density at radius 1 is 1.61 bits per heavy atom. The molecule has 0 aliphatic heterocycles. The van der Waals surface area contributed by atoms with Gasteiger partial charge in [0.25, 0.3) is 0 Å². The Morgan fingerprint density at radius 2 is 2.43 bits per heavy atom. The Morgan fingerprint density at radius 3 is 3.17 bits per heavy atom. The summed E-state index contributed by atoms with van der Waals surface area (Å²) in [5.74, 6) is 0.0401. The molecule has 3 aromatic heterocycles. The normalized spacial score (nSPS) is 10.6. The summed E-state index contributed by atoms with van der Waals surface area (Å²) >= 11 is 2.55. The van der Waals surface area contributed by atoms with Crippen LogP contribution in [-0.4, -0.2) is 32.7 Å². The second kappa shape index (κ2) is 6.23. The van der Waals surface area contributed by atoms with E-state index >= 15 is 0 Å². The number of aromatic amines is 1. The summed E-state index contributed by atoms with van der Waals surface area (Å²) < 4.78 is 5.76. The first-order valence-electron chi connectivity index (χ1n) is 6.29. The minimum absolute atomic E-state index is 0.206. The van der Waals surface area contributed by atoms with E-state index in [0.29, 0.717) is 15.8 Å². The van der Waals surface area contributed by atoms with Crippen LogP contribution in [0.1, 0.15) is 20.8 Å². The monoisotopic (exact) mass is 347 g/mol. The number of carbonyl (C=O) groups is 1. The molecule has 0 amide bonds. The number of hydrogen-bond donors (Lipinski definition) is 1. The smallest absolute Gasteiger partial charge is 0.350 e. The van der Waals surface area contributed by atoms with Gasteiger partial charge in [-0.1, -0.05) is 11.8 Å². The zero-order chi connectivity index (χ0) is 16.4. The Kier molecular flexibility index (Phi) is 4.14. The van der Waals surface area contributed by atoms with Crippen molar-refractivity contribution >= 4 is 34.7 Å². The van der Waals surface area contributed by atoms with Crippen molar-refractivity contribution in [3.63, 3.8) is 0 Å². The molecule has 0 radical (unpaired) electrons. The summed E-state index contributed by atoms with van der Waals surface area (Å²) in [5, 5.41) is 15.0. The van der Waals surface area contributed by atoms with Gasteiger partial charge in [0, 0.05) is 5.75 Å². The fourth-order valence-electron chi connectivity index (χ4n) is 1.88. The quantitative estimate of drug-likeness (QED) is 0.561. The number of aromatic nitrogens is 4. The summed E-state index contributed by atoms with van der Waals surface area (Å²) in [6, 6.07) is 3.76. The van der Waals surface area contributed by atoms with Gasteiger partial charge in [0.2, 0.25) is 0 Å². The molecule has 1 N–H and O–H groups in total. The van der Waals surface area contributed by atoms with Crippen molar-refractivity contribution in [3.05, 3.63) is 44.1 Å². The van der Waals surface area contributed by atoms with Gasteiger partial charge in [-0.2, -0.15) is 14.9 Å². The van der Waals surface area contributed by atoms with Crippen LogP contribution in [0.4, 0.5) is 0 Å². The number of hydrogen-bond acceptors (Lipinski definition) is 8. The molecular weight excluding hydrogens is 338 g/mol. The van der Waals surface area contributed by atoms with Crippen LogP contribution in [0.5, 0.6) is 0 Å². The van der Waals surface area contributed by atoms with Crippen LogP contribution >= 0.6 is 23.1 Å². The predicted molar refractivity (Wildman–Crippen MR) is 83.5 cm³/mol. The third kappa shape index (κ3) is 2.84. The van der Waals surface area contributed by atoms with Crippen LogP contribution in [0.25, 0.3) is 5.65 Å². The van der Waals surface area contributed by atoms with Gasteiger partial charge in [-0.15, -0.1) is 11.3 Å². The fourth-order valence-corrected chi connectivity index (χ4v) is 3.66. The number of thiophene rings is 1. The Bertz CT molecular complexity index is 982. The van der Waals surface area contributed by atoms with Crippen molar-refractivity contribution in [2.75, 3.05) is 7.11 Å². The summed E-state index contributed by atoms with van der Waals surface area (Å²) in [6.07, 6.45) is 1.29. The highest BCUT2D eigenvalue weighted by Gasteiger charge is 2.15. The largest absolute Gasteiger partial charge is 0.465 e. The lowest BCUT2D eigenvalue weighted by Crippen LogP contribution is -2.19. The van der Waals surface area contributed by atoms with Crippen molar-refractivity contribution in [2.45, 2.75) is 10.9 Å².